The molecule has 6 nitrogen and oxygen atoms in total. The lowest BCUT2D eigenvalue weighted by Crippen LogP contribution is -2.53. The summed E-state index contributed by atoms with van der Waals surface area (Å²) in [5.74, 6) is -0.967. The molecular formula is C16H30N2O4. The minimum Gasteiger partial charge on any atom is -0.481 e. The molecule has 0 saturated heterocycles. The number of alkyl carbamates (subject to hydrolysis) is 1. The second-order valence-corrected chi connectivity index (χ2v) is 7.79. The van der Waals surface area contributed by atoms with Gasteiger partial charge in [-0.25, -0.2) is 4.79 Å². The number of carboxylic acid groups (broad SMARTS) is 1. The molecule has 0 aliphatic heterocycles. The predicted octanol–water partition coefficient (Wildman–Crippen LogP) is 2.52. The summed E-state index contributed by atoms with van der Waals surface area (Å²) < 4.78 is 5.26. The molecule has 1 saturated carbocycles. The number of hydrogen-bond acceptors (Lipinski definition) is 4. The van der Waals surface area contributed by atoms with Crippen LogP contribution >= 0.6 is 0 Å². The predicted molar refractivity (Wildman–Crippen MR) is 84.8 cm³/mol. The number of carboxylic acids is 1. The van der Waals surface area contributed by atoms with Crippen LogP contribution in [0.5, 0.6) is 0 Å². The number of carbonyl (C=O) groups is 2. The molecule has 0 aromatic rings. The average Bonchev–Trinajstić information content (AvgIpc) is 2.33. The fourth-order valence-corrected chi connectivity index (χ4v) is 2.62. The van der Waals surface area contributed by atoms with Crippen molar-refractivity contribution in [1.29, 1.82) is 0 Å². The topological polar surface area (TPSA) is 87.7 Å². The van der Waals surface area contributed by atoms with Crippen LogP contribution in [-0.4, -0.2) is 40.9 Å². The van der Waals surface area contributed by atoms with E-state index in [9.17, 15) is 9.59 Å². The van der Waals surface area contributed by atoms with Crippen LogP contribution < -0.4 is 10.6 Å². The molecule has 3 N–H and O–H groups in total. The molecule has 2 atom stereocenters. The van der Waals surface area contributed by atoms with Gasteiger partial charge in [-0.1, -0.05) is 6.42 Å². The minimum atomic E-state index is -0.711. The molecule has 0 aromatic carbocycles. The van der Waals surface area contributed by atoms with Crippen molar-refractivity contribution in [3.63, 3.8) is 0 Å². The first-order valence-corrected chi connectivity index (χ1v) is 7.96. The van der Waals surface area contributed by atoms with E-state index in [1.807, 2.05) is 34.6 Å². The molecule has 1 amide bonds. The number of nitrogens with one attached hydrogen (secondary N) is 2. The van der Waals surface area contributed by atoms with Crippen molar-refractivity contribution in [2.75, 3.05) is 6.54 Å². The van der Waals surface area contributed by atoms with E-state index in [0.717, 1.165) is 19.3 Å². The molecule has 0 radical (unpaired) electrons. The summed E-state index contributed by atoms with van der Waals surface area (Å²) in [5.41, 5.74) is -0.982. The van der Waals surface area contributed by atoms with Gasteiger partial charge in [-0.05, 0) is 53.9 Å². The maximum absolute atomic E-state index is 11.8. The summed E-state index contributed by atoms with van der Waals surface area (Å²) in [5, 5.41) is 15.3. The van der Waals surface area contributed by atoms with E-state index in [-0.39, 0.29) is 12.0 Å². The van der Waals surface area contributed by atoms with Crippen molar-refractivity contribution in [3.8, 4) is 0 Å². The maximum atomic E-state index is 11.8. The maximum Gasteiger partial charge on any atom is 0.408 e. The zero-order chi connectivity index (χ0) is 17.0. The zero-order valence-electron chi connectivity index (χ0n) is 14.4. The lowest BCUT2D eigenvalue weighted by atomic mass is 9.85. The molecule has 0 spiro atoms. The fraction of sp³-hybridized carbons (Fsp3) is 0.875. The number of rotatable bonds is 5. The van der Waals surface area contributed by atoms with Gasteiger partial charge >= 0.3 is 12.1 Å². The molecule has 1 aliphatic rings. The van der Waals surface area contributed by atoms with Crippen LogP contribution in [0.2, 0.25) is 0 Å². The first-order chi connectivity index (χ1) is 9.98. The van der Waals surface area contributed by atoms with E-state index in [1.54, 1.807) is 0 Å². The molecule has 1 fully saturated rings. The standard InChI is InChI=1S/C16H30N2O4/c1-15(2,3)22-14(21)18-16(4,5)10-17-12-8-6-7-11(9-12)13(19)20/h11-12,17H,6-10H2,1-5H3,(H,18,21)(H,19,20). The van der Waals surface area contributed by atoms with Crippen molar-refractivity contribution in [2.24, 2.45) is 5.92 Å². The van der Waals surface area contributed by atoms with Crippen molar-refractivity contribution < 1.29 is 19.4 Å². The molecule has 1 aliphatic carbocycles. The molecule has 1 rings (SSSR count). The number of amides is 1. The molecule has 0 aromatic heterocycles. The highest BCUT2D eigenvalue weighted by atomic mass is 16.6. The highest BCUT2D eigenvalue weighted by Crippen LogP contribution is 2.24. The van der Waals surface area contributed by atoms with Gasteiger partial charge in [0.2, 0.25) is 0 Å². The van der Waals surface area contributed by atoms with Crippen molar-refractivity contribution in [2.45, 2.75) is 77.5 Å². The van der Waals surface area contributed by atoms with E-state index < -0.39 is 23.2 Å². The molecule has 6 heteroatoms. The SMILES string of the molecule is CC(C)(CNC1CCCC(C(=O)O)C1)NC(=O)OC(C)(C)C. The van der Waals surface area contributed by atoms with Gasteiger partial charge in [-0.3, -0.25) is 4.79 Å². The monoisotopic (exact) mass is 314 g/mol. The number of aliphatic carboxylic acids is 1. The van der Waals surface area contributed by atoms with E-state index in [2.05, 4.69) is 10.6 Å². The normalized spacial score (nSPS) is 23.0. The molecule has 0 bridgehead atoms. The van der Waals surface area contributed by atoms with E-state index >= 15 is 0 Å². The van der Waals surface area contributed by atoms with Crippen molar-refractivity contribution in [3.05, 3.63) is 0 Å². The van der Waals surface area contributed by atoms with Gasteiger partial charge in [0.25, 0.3) is 0 Å². The van der Waals surface area contributed by atoms with Gasteiger partial charge in [-0.2, -0.15) is 0 Å². The Morgan fingerprint density at radius 3 is 2.36 bits per heavy atom. The Hall–Kier alpha value is -1.30. The molecule has 0 heterocycles. The molecule has 22 heavy (non-hydrogen) atoms. The summed E-state index contributed by atoms with van der Waals surface area (Å²) in [6.45, 7) is 9.88. The van der Waals surface area contributed by atoms with Gasteiger partial charge < -0.3 is 20.5 Å². The van der Waals surface area contributed by atoms with E-state index in [1.165, 1.54) is 0 Å². The Balaban J connectivity index is 2.41. The first kappa shape index (κ1) is 18.7. The molecule has 128 valence electrons. The first-order valence-electron chi connectivity index (χ1n) is 7.96. The molecule has 2 unspecified atom stereocenters. The molecular weight excluding hydrogens is 284 g/mol. The van der Waals surface area contributed by atoms with Gasteiger partial charge in [0, 0.05) is 12.6 Å². The van der Waals surface area contributed by atoms with Crippen LogP contribution in [0.1, 0.15) is 60.3 Å². The lowest BCUT2D eigenvalue weighted by Gasteiger charge is -2.33. The van der Waals surface area contributed by atoms with Crippen LogP contribution in [0.15, 0.2) is 0 Å². The Labute approximate surface area is 133 Å². The van der Waals surface area contributed by atoms with Gasteiger partial charge in [0.1, 0.15) is 5.60 Å². The summed E-state index contributed by atoms with van der Waals surface area (Å²) in [7, 11) is 0. The number of hydrogen-bond donors (Lipinski definition) is 3. The van der Waals surface area contributed by atoms with Gasteiger partial charge in [0.15, 0.2) is 0 Å². The van der Waals surface area contributed by atoms with Crippen LogP contribution in [0, 0.1) is 5.92 Å². The van der Waals surface area contributed by atoms with Gasteiger partial charge in [-0.15, -0.1) is 0 Å². The van der Waals surface area contributed by atoms with Crippen LogP contribution in [0.4, 0.5) is 4.79 Å². The second kappa shape index (κ2) is 7.31. The Morgan fingerprint density at radius 2 is 1.82 bits per heavy atom. The summed E-state index contributed by atoms with van der Waals surface area (Å²) in [6.07, 6.45) is 2.87. The summed E-state index contributed by atoms with van der Waals surface area (Å²) in [6, 6.07) is 0.189. The third kappa shape index (κ3) is 7.11. The second-order valence-electron chi connectivity index (χ2n) is 7.79. The van der Waals surface area contributed by atoms with Crippen LogP contribution in [0.3, 0.4) is 0 Å². The number of ether oxygens (including phenoxy) is 1. The Morgan fingerprint density at radius 1 is 1.18 bits per heavy atom. The smallest absolute Gasteiger partial charge is 0.408 e. The zero-order valence-corrected chi connectivity index (χ0v) is 14.4. The van der Waals surface area contributed by atoms with Crippen molar-refractivity contribution in [1.82, 2.24) is 10.6 Å². The number of carbonyl (C=O) groups excluding carboxylic acids is 1. The highest BCUT2D eigenvalue weighted by molar-refractivity contribution is 5.70. The lowest BCUT2D eigenvalue weighted by molar-refractivity contribution is -0.143. The highest BCUT2D eigenvalue weighted by Gasteiger charge is 2.29. The van der Waals surface area contributed by atoms with Crippen LogP contribution in [0.25, 0.3) is 0 Å². The quantitative estimate of drug-likeness (QED) is 0.726. The van der Waals surface area contributed by atoms with E-state index in [4.69, 9.17) is 9.84 Å². The summed E-state index contributed by atoms with van der Waals surface area (Å²) in [4.78, 5) is 22.9. The average molecular weight is 314 g/mol. The Bertz CT molecular complexity index is 401. The fourth-order valence-electron chi connectivity index (χ4n) is 2.62. The van der Waals surface area contributed by atoms with E-state index in [0.29, 0.717) is 13.0 Å². The third-order valence-corrected chi connectivity index (χ3v) is 3.70. The third-order valence-electron chi connectivity index (χ3n) is 3.70. The largest absolute Gasteiger partial charge is 0.481 e. The summed E-state index contributed by atoms with van der Waals surface area (Å²) >= 11 is 0. The Kier molecular flexibility index (Phi) is 6.23. The van der Waals surface area contributed by atoms with Gasteiger partial charge in [0.05, 0.1) is 11.5 Å². The van der Waals surface area contributed by atoms with Crippen molar-refractivity contribution >= 4 is 12.1 Å². The minimum absolute atomic E-state index is 0.189. The van der Waals surface area contributed by atoms with Crippen LogP contribution in [-0.2, 0) is 9.53 Å².